The molecular formula is C17H20N4O. The normalized spacial score (nSPS) is 15.8. The van der Waals surface area contributed by atoms with Crippen LogP contribution in [0.25, 0.3) is 11.6 Å². The van der Waals surface area contributed by atoms with Crippen LogP contribution >= 0.6 is 0 Å². The van der Waals surface area contributed by atoms with Gasteiger partial charge in [-0.2, -0.15) is 0 Å². The minimum absolute atomic E-state index is 0.197. The smallest absolute Gasteiger partial charge is 0.218 e. The molecule has 0 aliphatic carbocycles. The zero-order valence-corrected chi connectivity index (χ0v) is 13.3. The van der Waals surface area contributed by atoms with E-state index in [4.69, 9.17) is 0 Å². The predicted molar refractivity (Wildman–Crippen MR) is 89.4 cm³/mol. The molecule has 5 nitrogen and oxygen atoms in total. The molecule has 3 rings (SSSR count). The Hall–Kier alpha value is -2.56. The van der Waals surface area contributed by atoms with Crippen LogP contribution < -0.4 is 5.62 Å². The topological polar surface area (TPSA) is 54.8 Å². The van der Waals surface area contributed by atoms with Crippen molar-refractivity contribution in [1.29, 1.82) is 0 Å². The molecule has 0 atom stereocenters. The van der Waals surface area contributed by atoms with Gasteiger partial charge in [-0.3, -0.25) is 14.6 Å². The maximum atomic E-state index is 10.3. The van der Waals surface area contributed by atoms with E-state index in [1.807, 2.05) is 23.9 Å². The molecule has 114 valence electrons. The Balaban J connectivity index is 2.13. The molecule has 1 aromatic heterocycles. The van der Waals surface area contributed by atoms with Crippen LogP contribution in [0.4, 0.5) is 5.69 Å². The van der Waals surface area contributed by atoms with E-state index in [2.05, 4.69) is 35.1 Å². The number of fused-ring (bicyclic) bond motifs is 1. The number of hydrogen-bond acceptors (Lipinski definition) is 3. The van der Waals surface area contributed by atoms with E-state index < -0.39 is 0 Å². The molecule has 22 heavy (non-hydrogen) atoms. The summed E-state index contributed by atoms with van der Waals surface area (Å²) in [5.41, 5.74) is 5.78. The number of aliphatic imine (C=N–C) groups is 1. The van der Waals surface area contributed by atoms with Crippen molar-refractivity contribution in [1.82, 2.24) is 9.13 Å². The van der Waals surface area contributed by atoms with Crippen LogP contribution in [0.15, 0.2) is 28.2 Å². The lowest BCUT2D eigenvalue weighted by atomic mass is 10.0. The van der Waals surface area contributed by atoms with Crippen molar-refractivity contribution in [2.24, 2.45) is 24.1 Å². The van der Waals surface area contributed by atoms with Gasteiger partial charge in [-0.05, 0) is 24.1 Å². The number of imidazole rings is 1. The van der Waals surface area contributed by atoms with Gasteiger partial charge in [0.05, 0.1) is 5.69 Å². The molecular weight excluding hydrogens is 276 g/mol. The lowest BCUT2D eigenvalue weighted by Crippen LogP contribution is -2.22. The van der Waals surface area contributed by atoms with Crippen LogP contribution in [0.2, 0.25) is 0 Å². The van der Waals surface area contributed by atoms with Gasteiger partial charge in [-0.15, -0.1) is 0 Å². The molecule has 1 aromatic carbocycles. The van der Waals surface area contributed by atoms with Crippen molar-refractivity contribution in [2.75, 3.05) is 7.05 Å². The summed E-state index contributed by atoms with van der Waals surface area (Å²) >= 11 is 0. The molecule has 0 amide bonds. The van der Waals surface area contributed by atoms with E-state index in [-0.39, 0.29) is 5.88 Å². The Morgan fingerprint density at radius 3 is 2.68 bits per heavy atom. The van der Waals surface area contributed by atoms with E-state index in [1.165, 1.54) is 5.56 Å². The molecule has 1 aliphatic heterocycles. The van der Waals surface area contributed by atoms with E-state index >= 15 is 0 Å². The van der Waals surface area contributed by atoms with Crippen molar-refractivity contribution < 1.29 is 5.11 Å². The van der Waals surface area contributed by atoms with Gasteiger partial charge in [-0.1, -0.05) is 19.1 Å². The fourth-order valence-corrected chi connectivity index (χ4v) is 2.83. The molecule has 0 unspecified atom stereocenters. The monoisotopic (exact) mass is 296 g/mol. The summed E-state index contributed by atoms with van der Waals surface area (Å²) in [6.45, 7) is 2.13. The second-order valence-corrected chi connectivity index (χ2v) is 5.41. The first-order valence-electron chi connectivity index (χ1n) is 7.33. The average Bonchev–Trinajstić information content (AvgIpc) is 3.02. The number of nitrogens with zero attached hydrogens (tertiary/aromatic N) is 4. The fraction of sp³-hybridized carbons (Fsp3) is 0.294. The van der Waals surface area contributed by atoms with E-state index in [9.17, 15) is 5.11 Å². The highest BCUT2D eigenvalue weighted by molar-refractivity contribution is 6.21. The SMILES string of the molecule is CCc1ccc2c(c1)N=CC2=Cc1c(O)n(C)c(=NC)n1C. The zero-order valence-electron chi connectivity index (χ0n) is 13.3. The van der Waals surface area contributed by atoms with Crippen molar-refractivity contribution >= 4 is 23.6 Å². The van der Waals surface area contributed by atoms with Gasteiger partial charge in [0.25, 0.3) is 0 Å². The first-order chi connectivity index (χ1) is 10.6. The van der Waals surface area contributed by atoms with Gasteiger partial charge in [0, 0.05) is 38.5 Å². The first kappa shape index (κ1) is 14.4. The molecule has 1 N–H and O–H groups in total. The van der Waals surface area contributed by atoms with Crippen LogP contribution in [-0.2, 0) is 20.5 Å². The third kappa shape index (κ3) is 2.09. The number of aromatic hydroxyl groups is 1. The molecule has 0 fully saturated rings. The number of aryl methyl sites for hydroxylation is 1. The standard InChI is InChI=1S/C17H20N4O/c1-5-11-6-7-13-12(10-19-14(13)8-11)9-15-16(22)21(4)17(18-2)20(15)3/h6-10,22H,5H2,1-4H3. The maximum Gasteiger partial charge on any atom is 0.218 e. The average molecular weight is 296 g/mol. The van der Waals surface area contributed by atoms with E-state index in [0.29, 0.717) is 5.62 Å². The Morgan fingerprint density at radius 2 is 2.05 bits per heavy atom. The molecule has 2 aromatic rings. The Kier molecular flexibility index (Phi) is 3.48. The molecule has 1 aliphatic rings. The lowest BCUT2D eigenvalue weighted by Gasteiger charge is -2.03. The highest BCUT2D eigenvalue weighted by atomic mass is 16.3. The van der Waals surface area contributed by atoms with Crippen molar-refractivity contribution in [3.8, 4) is 5.88 Å². The number of hydrogen-bond donors (Lipinski definition) is 1. The summed E-state index contributed by atoms with van der Waals surface area (Å²) in [7, 11) is 5.40. The van der Waals surface area contributed by atoms with Gasteiger partial charge in [0.15, 0.2) is 0 Å². The van der Waals surface area contributed by atoms with E-state index in [1.54, 1.807) is 18.7 Å². The van der Waals surface area contributed by atoms with E-state index in [0.717, 1.165) is 28.9 Å². The number of rotatable bonds is 2. The molecule has 0 bridgehead atoms. The number of aromatic nitrogens is 2. The fourth-order valence-electron chi connectivity index (χ4n) is 2.83. The van der Waals surface area contributed by atoms with Gasteiger partial charge >= 0.3 is 0 Å². The van der Waals surface area contributed by atoms with Crippen molar-refractivity contribution in [3.05, 3.63) is 40.6 Å². The summed E-state index contributed by atoms with van der Waals surface area (Å²) < 4.78 is 3.54. The molecule has 0 spiro atoms. The minimum atomic E-state index is 0.197. The zero-order chi connectivity index (χ0) is 15.9. The van der Waals surface area contributed by atoms with Crippen molar-refractivity contribution in [3.63, 3.8) is 0 Å². The van der Waals surface area contributed by atoms with Crippen molar-refractivity contribution in [2.45, 2.75) is 13.3 Å². The van der Waals surface area contributed by atoms with Crippen LogP contribution in [0, 0.1) is 0 Å². The third-order valence-corrected chi connectivity index (χ3v) is 4.12. The molecule has 0 saturated carbocycles. The van der Waals surface area contributed by atoms with Crippen LogP contribution in [0.3, 0.4) is 0 Å². The Morgan fingerprint density at radius 1 is 1.27 bits per heavy atom. The second kappa shape index (κ2) is 5.33. The van der Waals surface area contributed by atoms with Crippen LogP contribution in [0.1, 0.15) is 23.7 Å². The van der Waals surface area contributed by atoms with Gasteiger partial charge in [0.1, 0.15) is 5.69 Å². The Labute approximate surface area is 129 Å². The summed E-state index contributed by atoms with van der Waals surface area (Å²) in [6, 6.07) is 6.33. The minimum Gasteiger partial charge on any atom is -0.493 e. The number of allylic oxidation sites excluding steroid dienone is 1. The second-order valence-electron chi connectivity index (χ2n) is 5.41. The first-order valence-corrected chi connectivity index (χ1v) is 7.33. The van der Waals surface area contributed by atoms with Gasteiger partial charge in [-0.25, -0.2) is 0 Å². The van der Waals surface area contributed by atoms with Crippen LogP contribution in [-0.4, -0.2) is 27.5 Å². The summed E-state index contributed by atoms with van der Waals surface area (Å²) in [5, 5.41) is 10.3. The summed E-state index contributed by atoms with van der Waals surface area (Å²) in [4.78, 5) is 8.68. The third-order valence-electron chi connectivity index (χ3n) is 4.12. The highest BCUT2D eigenvalue weighted by Crippen LogP contribution is 2.34. The van der Waals surface area contributed by atoms with Gasteiger partial charge in [0.2, 0.25) is 11.5 Å². The molecule has 0 radical (unpaired) electrons. The lowest BCUT2D eigenvalue weighted by molar-refractivity contribution is 0.427. The van der Waals surface area contributed by atoms with Crippen LogP contribution in [0.5, 0.6) is 5.88 Å². The predicted octanol–water partition coefficient (Wildman–Crippen LogP) is 2.42. The Bertz CT molecular complexity index is 866. The van der Waals surface area contributed by atoms with Gasteiger partial charge < -0.3 is 9.67 Å². The highest BCUT2D eigenvalue weighted by Gasteiger charge is 2.16. The largest absolute Gasteiger partial charge is 0.493 e. The molecule has 2 heterocycles. The maximum absolute atomic E-state index is 10.3. The molecule has 5 heteroatoms. The summed E-state index contributed by atoms with van der Waals surface area (Å²) in [5.74, 6) is 0.197. The number of benzene rings is 1. The quantitative estimate of drug-likeness (QED) is 0.909. The summed E-state index contributed by atoms with van der Waals surface area (Å²) in [6.07, 6.45) is 4.79. The molecule has 0 saturated heterocycles.